The van der Waals surface area contributed by atoms with Gasteiger partial charge in [-0.3, -0.25) is 0 Å². The number of benzene rings is 1. The van der Waals surface area contributed by atoms with E-state index in [0.717, 1.165) is 11.0 Å². The highest BCUT2D eigenvalue weighted by atomic mass is 127. The summed E-state index contributed by atoms with van der Waals surface area (Å²) in [6.45, 7) is 0.789. The van der Waals surface area contributed by atoms with Gasteiger partial charge in [-0.25, -0.2) is 4.39 Å². The van der Waals surface area contributed by atoms with Gasteiger partial charge in [-0.1, -0.05) is 6.92 Å². The van der Waals surface area contributed by atoms with Gasteiger partial charge in [-0.2, -0.15) is 13.2 Å². The van der Waals surface area contributed by atoms with E-state index in [2.05, 4.69) is 0 Å². The van der Waals surface area contributed by atoms with Crippen molar-refractivity contribution in [1.82, 2.24) is 0 Å². The van der Waals surface area contributed by atoms with Crippen LogP contribution in [0.5, 0.6) is 0 Å². The number of hydrogen-bond acceptors (Lipinski definition) is 2. The molecule has 0 radical (unpaired) electrons. The minimum absolute atomic E-state index is 0.0899. The first-order valence-corrected chi connectivity index (χ1v) is 6.38. The van der Waals surface area contributed by atoms with Gasteiger partial charge in [0.15, 0.2) is 0 Å². The number of anilines is 2. The molecule has 1 rings (SSSR count). The van der Waals surface area contributed by atoms with Crippen molar-refractivity contribution in [3.8, 4) is 0 Å². The van der Waals surface area contributed by atoms with Crippen LogP contribution in [0, 0.1) is 9.39 Å². The largest absolute Gasteiger partial charge is 0.405 e. The monoisotopic (exact) mass is 376 g/mol. The van der Waals surface area contributed by atoms with E-state index < -0.39 is 18.5 Å². The number of nitrogens with two attached hydrogens (primary N) is 1. The van der Waals surface area contributed by atoms with Gasteiger partial charge in [-0.05, 0) is 35.1 Å². The third-order valence-corrected chi connectivity index (χ3v) is 3.10. The SMILES string of the molecule is CCCN(CC(F)(F)F)c1cc(F)c(I)cc1N. The molecule has 7 heteroatoms. The average Bonchev–Trinajstić information content (AvgIpc) is 2.21. The van der Waals surface area contributed by atoms with Gasteiger partial charge in [-0.15, -0.1) is 0 Å². The highest BCUT2D eigenvalue weighted by Crippen LogP contribution is 2.30. The van der Waals surface area contributed by atoms with Crippen LogP contribution in [0.25, 0.3) is 0 Å². The van der Waals surface area contributed by atoms with Crippen molar-refractivity contribution >= 4 is 34.0 Å². The molecule has 0 saturated heterocycles. The fourth-order valence-corrected chi connectivity index (χ4v) is 2.09. The van der Waals surface area contributed by atoms with Crippen LogP contribution in [0.1, 0.15) is 13.3 Å². The Bertz CT molecular complexity index is 420. The first-order chi connectivity index (χ1) is 8.24. The molecule has 0 spiro atoms. The molecule has 102 valence electrons. The van der Waals surface area contributed by atoms with Gasteiger partial charge < -0.3 is 10.6 Å². The standard InChI is InChI=1S/C11H13F4IN2/c1-2-3-18(6-11(13,14)15)10-4-7(12)8(16)5-9(10)17/h4-5H,2-3,6,17H2,1H3. The fraction of sp³-hybridized carbons (Fsp3) is 0.455. The van der Waals surface area contributed by atoms with E-state index in [1.54, 1.807) is 29.5 Å². The van der Waals surface area contributed by atoms with Crippen LogP contribution in [-0.2, 0) is 0 Å². The lowest BCUT2D eigenvalue weighted by Crippen LogP contribution is -2.35. The van der Waals surface area contributed by atoms with E-state index in [4.69, 9.17) is 5.73 Å². The van der Waals surface area contributed by atoms with Gasteiger partial charge >= 0.3 is 6.18 Å². The van der Waals surface area contributed by atoms with Gasteiger partial charge in [0.2, 0.25) is 0 Å². The molecule has 18 heavy (non-hydrogen) atoms. The van der Waals surface area contributed by atoms with Crippen LogP contribution in [0.3, 0.4) is 0 Å². The Morgan fingerprint density at radius 1 is 1.33 bits per heavy atom. The molecule has 0 aromatic heterocycles. The summed E-state index contributed by atoms with van der Waals surface area (Å²) in [5.41, 5.74) is 5.90. The zero-order chi connectivity index (χ0) is 13.9. The van der Waals surface area contributed by atoms with Gasteiger partial charge in [0.05, 0.1) is 14.9 Å². The molecule has 0 amide bonds. The first kappa shape index (κ1) is 15.3. The highest BCUT2D eigenvalue weighted by molar-refractivity contribution is 14.1. The Balaban J connectivity index is 3.09. The second-order valence-corrected chi connectivity index (χ2v) is 5.02. The maximum absolute atomic E-state index is 13.4. The molecular weight excluding hydrogens is 363 g/mol. The normalized spacial score (nSPS) is 11.7. The molecule has 0 aliphatic heterocycles. The van der Waals surface area contributed by atoms with E-state index in [1.165, 1.54) is 6.07 Å². The van der Waals surface area contributed by atoms with Crippen molar-refractivity contribution in [2.75, 3.05) is 23.7 Å². The summed E-state index contributed by atoms with van der Waals surface area (Å²) >= 11 is 1.74. The molecule has 0 heterocycles. The van der Waals surface area contributed by atoms with Crippen molar-refractivity contribution in [2.24, 2.45) is 0 Å². The lowest BCUT2D eigenvalue weighted by Gasteiger charge is -2.27. The Hall–Kier alpha value is -0.730. The van der Waals surface area contributed by atoms with Crippen LogP contribution >= 0.6 is 22.6 Å². The first-order valence-electron chi connectivity index (χ1n) is 5.31. The molecule has 2 nitrogen and oxygen atoms in total. The summed E-state index contributed by atoms with van der Waals surface area (Å²) < 4.78 is 51.1. The fourth-order valence-electron chi connectivity index (χ4n) is 1.60. The smallest absolute Gasteiger partial charge is 0.397 e. The van der Waals surface area contributed by atoms with Crippen molar-refractivity contribution in [3.63, 3.8) is 0 Å². The number of alkyl halides is 3. The zero-order valence-corrected chi connectivity index (χ0v) is 11.8. The second kappa shape index (κ2) is 5.94. The number of nitrogen functional groups attached to an aromatic ring is 1. The molecular formula is C11H13F4IN2. The number of hydrogen-bond donors (Lipinski definition) is 1. The summed E-state index contributed by atoms with van der Waals surface area (Å²) in [6, 6.07) is 2.39. The van der Waals surface area contributed by atoms with Crippen LogP contribution in [0.2, 0.25) is 0 Å². The minimum Gasteiger partial charge on any atom is -0.397 e. The number of rotatable bonds is 4. The van der Waals surface area contributed by atoms with Crippen molar-refractivity contribution < 1.29 is 17.6 Å². The van der Waals surface area contributed by atoms with Crippen LogP contribution < -0.4 is 10.6 Å². The summed E-state index contributed by atoms with van der Waals surface area (Å²) in [5, 5.41) is 0. The Morgan fingerprint density at radius 2 is 1.94 bits per heavy atom. The van der Waals surface area contributed by atoms with E-state index >= 15 is 0 Å². The van der Waals surface area contributed by atoms with Crippen LogP contribution in [0.4, 0.5) is 28.9 Å². The molecule has 0 saturated carbocycles. The zero-order valence-electron chi connectivity index (χ0n) is 9.69. The molecule has 0 bridgehead atoms. The third kappa shape index (κ3) is 4.18. The molecule has 1 aromatic rings. The van der Waals surface area contributed by atoms with Crippen LogP contribution in [0.15, 0.2) is 12.1 Å². The van der Waals surface area contributed by atoms with E-state index in [0.29, 0.717) is 6.42 Å². The topological polar surface area (TPSA) is 29.3 Å². The van der Waals surface area contributed by atoms with Crippen molar-refractivity contribution in [3.05, 3.63) is 21.5 Å². The summed E-state index contributed by atoms with van der Waals surface area (Å²) in [6.07, 6.45) is -3.83. The number of nitrogens with zero attached hydrogens (tertiary/aromatic N) is 1. The number of halogens is 5. The predicted molar refractivity (Wildman–Crippen MR) is 72.1 cm³/mol. The average molecular weight is 376 g/mol. The van der Waals surface area contributed by atoms with Gasteiger partial charge in [0.1, 0.15) is 12.4 Å². The second-order valence-electron chi connectivity index (χ2n) is 3.86. The molecule has 2 N–H and O–H groups in total. The lowest BCUT2D eigenvalue weighted by atomic mass is 10.2. The Morgan fingerprint density at radius 3 is 2.44 bits per heavy atom. The Labute approximate surface area is 116 Å². The van der Waals surface area contributed by atoms with Gasteiger partial charge in [0.25, 0.3) is 0 Å². The summed E-state index contributed by atoms with van der Waals surface area (Å²) in [5.74, 6) is -0.567. The molecule has 0 unspecified atom stereocenters. The van der Waals surface area contributed by atoms with Crippen molar-refractivity contribution in [2.45, 2.75) is 19.5 Å². The minimum atomic E-state index is -4.35. The quantitative estimate of drug-likeness (QED) is 0.492. The molecule has 1 aromatic carbocycles. The third-order valence-electron chi connectivity index (χ3n) is 2.27. The van der Waals surface area contributed by atoms with Crippen LogP contribution in [-0.4, -0.2) is 19.3 Å². The summed E-state index contributed by atoms with van der Waals surface area (Å²) in [7, 11) is 0. The lowest BCUT2D eigenvalue weighted by molar-refractivity contribution is -0.119. The molecule has 0 fully saturated rings. The van der Waals surface area contributed by atoms with E-state index in [-0.39, 0.29) is 21.5 Å². The molecule has 0 aliphatic carbocycles. The van der Waals surface area contributed by atoms with Gasteiger partial charge in [0, 0.05) is 12.6 Å². The maximum atomic E-state index is 13.4. The maximum Gasteiger partial charge on any atom is 0.405 e. The summed E-state index contributed by atoms with van der Waals surface area (Å²) in [4.78, 5) is 1.05. The highest BCUT2D eigenvalue weighted by Gasteiger charge is 2.31. The Kier molecular flexibility index (Phi) is 5.06. The molecule has 0 aliphatic rings. The van der Waals surface area contributed by atoms with E-state index in [9.17, 15) is 17.6 Å². The van der Waals surface area contributed by atoms with E-state index in [1.807, 2.05) is 0 Å². The predicted octanol–water partition coefficient (Wildman–Crippen LogP) is 3.79. The molecule has 0 atom stereocenters. The van der Waals surface area contributed by atoms with Crippen molar-refractivity contribution in [1.29, 1.82) is 0 Å².